The Morgan fingerprint density at radius 3 is 1.32 bits per heavy atom. The van der Waals surface area contributed by atoms with Crippen LogP contribution in [0, 0.1) is 0 Å². The van der Waals surface area contributed by atoms with E-state index in [4.69, 9.17) is 15.0 Å². The molecule has 0 N–H and O–H groups in total. The summed E-state index contributed by atoms with van der Waals surface area (Å²) >= 11 is 0. The summed E-state index contributed by atoms with van der Waals surface area (Å²) in [6, 6.07) is 70.9. The van der Waals surface area contributed by atoms with E-state index >= 15 is 0 Å². The van der Waals surface area contributed by atoms with Crippen molar-refractivity contribution >= 4 is 38.9 Å². The fourth-order valence-electron chi connectivity index (χ4n) is 8.08. The second-order valence-electron chi connectivity index (χ2n) is 14.2. The van der Waals surface area contributed by atoms with E-state index in [-0.39, 0.29) is 0 Å². The molecule has 8 aromatic carbocycles. The summed E-state index contributed by atoms with van der Waals surface area (Å²) in [6.45, 7) is 0. The minimum absolute atomic E-state index is 0.635. The van der Waals surface area contributed by atoms with Crippen LogP contribution in [0.25, 0.3) is 83.9 Å². The van der Waals surface area contributed by atoms with E-state index in [0.717, 1.165) is 61.7 Å². The topological polar surface area (TPSA) is 46.8 Å². The largest absolute Gasteiger partial charge is 0.310 e. The van der Waals surface area contributed by atoms with Crippen LogP contribution in [0.4, 0.5) is 17.1 Å². The first kappa shape index (κ1) is 31.9. The number of benzene rings is 8. The molecule has 1 aliphatic heterocycles. The fraction of sp³-hybridized carbons (Fsp3) is 0. The Hall–Kier alpha value is -7.63. The maximum Gasteiger partial charge on any atom is 0.164 e. The van der Waals surface area contributed by atoms with Crippen molar-refractivity contribution in [3.05, 3.63) is 200 Å². The van der Waals surface area contributed by atoms with Crippen molar-refractivity contribution in [2.24, 2.45) is 0 Å². The average molecular weight is 716 g/mol. The van der Waals surface area contributed by atoms with Crippen molar-refractivity contribution in [3.63, 3.8) is 0 Å². The second kappa shape index (κ2) is 13.0. The highest BCUT2D eigenvalue weighted by atomic mass is 15.1. The summed E-state index contributed by atoms with van der Waals surface area (Å²) in [5.74, 6) is 1.91. The Kier molecular flexibility index (Phi) is 7.42. The van der Waals surface area contributed by atoms with Gasteiger partial charge in [-0.05, 0) is 95.1 Å². The molecule has 10 aromatic rings. The molecule has 0 amide bonds. The van der Waals surface area contributed by atoms with Crippen molar-refractivity contribution in [2.75, 3.05) is 4.90 Å². The molecule has 10 bridgehead atoms. The van der Waals surface area contributed by atoms with E-state index in [1.807, 2.05) is 30.3 Å². The number of anilines is 3. The number of hydrogen-bond donors (Lipinski definition) is 0. The van der Waals surface area contributed by atoms with Gasteiger partial charge in [0.05, 0.1) is 11.0 Å². The summed E-state index contributed by atoms with van der Waals surface area (Å²) in [4.78, 5) is 17.5. The molecule has 1 aliphatic rings. The van der Waals surface area contributed by atoms with Crippen molar-refractivity contribution in [2.45, 2.75) is 0 Å². The number of hydrogen-bond acceptors (Lipinski definition) is 4. The summed E-state index contributed by atoms with van der Waals surface area (Å²) in [6.07, 6.45) is 0. The molecule has 0 radical (unpaired) electrons. The molecule has 0 fully saturated rings. The number of rotatable bonds is 3. The summed E-state index contributed by atoms with van der Waals surface area (Å²) in [5.41, 5.74) is 13.9. The Labute approximate surface area is 324 Å². The first-order valence-electron chi connectivity index (χ1n) is 18.9. The number of para-hydroxylation sites is 2. The van der Waals surface area contributed by atoms with Gasteiger partial charge >= 0.3 is 0 Å². The molecule has 2 aromatic heterocycles. The van der Waals surface area contributed by atoms with Gasteiger partial charge in [-0.2, -0.15) is 0 Å². The first-order chi connectivity index (χ1) is 27.7. The molecule has 5 heteroatoms. The highest BCUT2D eigenvalue weighted by Gasteiger charge is 2.20. The van der Waals surface area contributed by atoms with Crippen LogP contribution in [0.2, 0.25) is 0 Å². The van der Waals surface area contributed by atoms with Crippen LogP contribution < -0.4 is 4.90 Å². The van der Waals surface area contributed by atoms with Gasteiger partial charge in [0.2, 0.25) is 0 Å². The minimum Gasteiger partial charge on any atom is -0.310 e. The summed E-state index contributed by atoms with van der Waals surface area (Å²) < 4.78 is 2.36. The highest BCUT2D eigenvalue weighted by molar-refractivity contribution is 6.10. The fourth-order valence-corrected chi connectivity index (χ4v) is 8.08. The molecule has 0 saturated heterocycles. The normalized spacial score (nSPS) is 11.9. The zero-order valence-electron chi connectivity index (χ0n) is 30.3. The smallest absolute Gasteiger partial charge is 0.164 e. The third-order valence-electron chi connectivity index (χ3n) is 10.7. The van der Waals surface area contributed by atoms with Crippen molar-refractivity contribution in [1.29, 1.82) is 0 Å². The minimum atomic E-state index is 0.635. The predicted molar refractivity (Wildman–Crippen MR) is 230 cm³/mol. The first-order valence-corrected chi connectivity index (χ1v) is 18.9. The van der Waals surface area contributed by atoms with Gasteiger partial charge in [-0.25, -0.2) is 15.0 Å². The van der Waals surface area contributed by atoms with Gasteiger partial charge in [-0.1, -0.05) is 127 Å². The monoisotopic (exact) mass is 715 g/mol. The number of fused-ring (bicyclic) bond motifs is 17. The third-order valence-corrected chi connectivity index (χ3v) is 10.7. The average Bonchev–Trinajstić information content (AvgIpc) is 3.61. The van der Waals surface area contributed by atoms with E-state index in [0.29, 0.717) is 17.5 Å². The van der Waals surface area contributed by atoms with Crippen molar-refractivity contribution in [3.8, 4) is 62.1 Å². The molecule has 3 heterocycles. The lowest BCUT2D eigenvalue weighted by molar-refractivity contribution is 1.07. The molecule has 56 heavy (non-hydrogen) atoms. The maximum absolute atomic E-state index is 5.08. The van der Waals surface area contributed by atoms with Gasteiger partial charge < -0.3 is 9.47 Å². The van der Waals surface area contributed by atoms with Crippen LogP contribution in [0.1, 0.15) is 0 Å². The Bertz CT molecular complexity index is 2990. The summed E-state index contributed by atoms with van der Waals surface area (Å²) in [5, 5.41) is 2.42. The van der Waals surface area contributed by atoms with Crippen LogP contribution in [-0.4, -0.2) is 19.5 Å². The lowest BCUT2D eigenvalue weighted by atomic mass is 9.99. The molecule has 0 spiro atoms. The van der Waals surface area contributed by atoms with Gasteiger partial charge in [0, 0.05) is 50.2 Å². The third kappa shape index (κ3) is 5.45. The van der Waals surface area contributed by atoms with Crippen LogP contribution in [-0.2, 0) is 0 Å². The van der Waals surface area contributed by atoms with Gasteiger partial charge in [0.15, 0.2) is 17.5 Å². The highest BCUT2D eigenvalue weighted by Crippen LogP contribution is 2.42. The number of aromatic nitrogens is 4. The van der Waals surface area contributed by atoms with E-state index in [1.165, 1.54) is 21.8 Å². The molecule has 0 saturated carbocycles. The lowest BCUT2D eigenvalue weighted by Crippen LogP contribution is -2.10. The second-order valence-corrected chi connectivity index (χ2v) is 14.2. The molecule has 0 unspecified atom stereocenters. The van der Waals surface area contributed by atoms with E-state index < -0.39 is 0 Å². The zero-order valence-corrected chi connectivity index (χ0v) is 30.3. The summed E-state index contributed by atoms with van der Waals surface area (Å²) in [7, 11) is 0. The lowest BCUT2D eigenvalue weighted by Gasteiger charge is -2.27. The predicted octanol–water partition coefficient (Wildman–Crippen LogP) is 13.1. The molecular weight excluding hydrogens is 683 g/mol. The van der Waals surface area contributed by atoms with Gasteiger partial charge in [-0.15, -0.1) is 0 Å². The molecule has 0 aliphatic carbocycles. The van der Waals surface area contributed by atoms with E-state index in [1.54, 1.807) is 0 Å². The van der Waals surface area contributed by atoms with Crippen LogP contribution in [0.5, 0.6) is 0 Å². The van der Waals surface area contributed by atoms with Crippen LogP contribution in [0.3, 0.4) is 0 Å². The van der Waals surface area contributed by atoms with Gasteiger partial charge in [0.25, 0.3) is 0 Å². The molecule has 0 atom stereocenters. The Morgan fingerprint density at radius 1 is 0.268 bits per heavy atom. The van der Waals surface area contributed by atoms with E-state index in [9.17, 15) is 0 Å². The standard InChI is InChI=1S/C51H33N5/c1-3-13-34(14-4-1)49-52-50-39-19-9-15-35(29-39)37-17-11-23-42(31-37)55(43-24-12-18-38(32-43)36-16-10-20-40(30-36)51(53-49)54-50)44-27-28-48-46(33-44)45-25-7-8-26-47(45)56(48)41-21-5-2-6-22-41/h1-33H. The maximum atomic E-state index is 5.08. The molecule has 5 nitrogen and oxygen atoms in total. The SMILES string of the molecule is c1ccc(-c2nc3nc(n2)-c2cccc(c2)-c2cccc(c2)N(c2ccc4c(c2)c2ccccc2n4-c2ccccc2)c2cccc(c2)-c2cccc-3c2)cc1. The molecular formula is C51H33N5. The molecule has 262 valence electrons. The van der Waals surface area contributed by atoms with E-state index in [2.05, 4.69) is 179 Å². The van der Waals surface area contributed by atoms with Gasteiger partial charge in [-0.3, -0.25) is 0 Å². The van der Waals surface area contributed by atoms with Crippen molar-refractivity contribution < 1.29 is 0 Å². The molecule has 11 rings (SSSR count). The Balaban J connectivity index is 1.15. The van der Waals surface area contributed by atoms with Gasteiger partial charge in [0.1, 0.15) is 0 Å². The van der Waals surface area contributed by atoms with Crippen LogP contribution >= 0.6 is 0 Å². The van der Waals surface area contributed by atoms with Crippen molar-refractivity contribution in [1.82, 2.24) is 19.5 Å². The van der Waals surface area contributed by atoms with Crippen LogP contribution in [0.15, 0.2) is 200 Å². The Morgan fingerprint density at radius 2 is 0.696 bits per heavy atom. The number of nitrogens with zero attached hydrogens (tertiary/aromatic N) is 5. The zero-order chi connectivity index (χ0) is 37.0. The quantitative estimate of drug-likeness (QED) is 0.183.